The lowest BCUT2D eigenvalue weighted by molar-refractivity contribution is -0.147. The van der Waals surface area contributed by atoms with E-state index in [9.17, 15) is 4.79 Å². The Morgan fingerprint density at radius 3 is 2.27 bits per heavy atom. The summed E-state index contributed by atoms with van der Waals surface area (Å²) < 4.78 is 5.90. The lowest BCUT2D eigenvalue weighted by Crippen LogP contribution is -2.56. The highest BCUT2D eigenvalue weighted by Crippen LogP contribution is 2.28. The summed E-state index contributed by atoms with van der Waals surface area (Å²) >= 11 is 5.88. The molecule has 0 spiro atoms. The Labute approximate surface area is 137 Å². The Balaban J connectivity index is 1.58. The number of ether oxygens (including phenoxy) is 1. The standard InChI is InChI=1S/C17H23ClN2O2/c1-17(2,22-15-7-3-13(18)4-8-15)16(21)20-11-9-19(10-12-20)14-5-6-14/h3-4,7-8,14H,5-6,9-12H2,1-2H3. The quantitative estimate of drug-likeness (QED) is 0.854. The van der Waals surface area contributed by atoms with Crippen molar-refractivity contribution in [3.8, 4) is 5.75 Å². The Morgan fingerprint density at radius 1 is 1.14 bits per heavy atom. The van der Waals surface area contributed by atoms with Crippen LogP contribution in [0.5, 0.6) is 5.75 Å². The summed E-state index contributed by atoms with van der Waals surface area (Å²) in [7, 11) is 0. The van der Waals surface area contributed by atoms with Crippen molar-refractivity contribution in [3.63, 3.8) is 0 Å². The van der Waals surface area contributed by atoms with Crippen LogP contribution >= 0.6 is 11.6 Å². The van der Waals surface area contributed by atoms with E-state index in [0.29, 0.717) is 10.8 Å². The molecule has 1 saturated heterocycles. The van der Waals surface area contributed by atoms with Gasteiger partial charge < -0.3 is 9.64 Å². The van der Waals surface area contributed by atoms with Crippen molar-refractivity contribution in [2.24, 2.45) is 0 Å². The van der Waals surface area contributed by atoms with E-state index in [4.69, 9.17) is 16.3 Å². The van der Waals surface area contributed by atoms with Crippen LogP contribution in [0.3, 0.4) is 0 Å². The molecular weight excluding hydrogens is 300 g/mol. The molecule has 0 unspecified atom stereocenters. The van der Waals surface area contributed by atoms with E-state index in [2.05, 4.69) is 4.90 Å². The molecule has 1 aromatic carbocycles. The fraction of sp³-hybridized carbons (Fsp3) is 0.588. The molecule has 4 nitrogen and oxygen atoms in total. The van der Waals surface area contributed by atoms with Gasteiger partial charge in [-0.1, -0.05) is 11.6 Å². The van der Waals surface area contributed by atoms with Crippen LogP contribution in [0.25, 0.3) is 0 Å². The normalized spacial score (nSPS) is 20.0. The summed E-state index contributed by atoms with van der Waals surface area (Å²) in [6.45, 7) is 7.21. The molecule has 5 heteroatoms. The third-order valence-corrected chi connectivity index (χ3v) is 4.62. The van der Waals surface area contributed by atoms with Crippen LogP contribution in [0.4, 0.5) is 0 Å². The van der Waals surface area contributed by atoms with Crippen molar-refractivity contribution in [3.05, 3.63) is 29.3 Å². The number of hydrogen-bond acceptors (Lipinski definition) is 3. The van der Waals surface area contributed by atoms with E-state index < -0.39 is 5.60 Å². The molecule has 2 fully saturated rings. The van der Waals surface area contributed by atoms with E-state index in [1.165, 1.54) is 12.8 Å². The molecular formula is C17H23ClN2O2. The van der Waals surface area contributed by atoms with Crippen LogP contribution in [0.1, 0.15) is 26.7 Å². The van der Waals surface area contributed by atoms with Gasteiger partial charge in [-0.2, -0.15) is 0 Å². The van der Waals surface area contributed by atoms with Gasteiger partial charge in [0, 0.05) is 37.2 Å². The van der Waals surface area contributed by atoms with Gasteiger partial charge in [0.25, 0.3) is 5.91 Å². The predicted octanol–water partition coefficient (Wildman–Crippen LogP) is 2.80. The first-order valence-corrected chi connectivity index (χ1v) is 8.31. The van der Waals surface area contributed by atoms with Crippen molar-refractivity contribution >= 4 is 17.5 Å². The fourth-order valence-corrected chi connectivity index (χ4v) is 3.08. The minimum absolute atomic E-state index is 0.0536. The number of rotatable bonds is 4. The molecule has 120 valence electrons. The molecule has 0 bridgehead atoms. The number of halogens is 1. The molecule has 1 heterocycles. The second kappa shape index (κ2) is 6.09. The highest BCUT2D eigenvalue weighted by atomic mass is 35.5. The first-order chi connectivity index (χ1) is 10.5. The van der Waals surface area contributed by atoms with Crippen molar-refractivity contribution in [1.29, 1.82) is 0 Å². The molecule has 0 aromatic heterocycles. The Morgan fingerprint density at radius 2 is 1.73 bits per heavy atom. The van der Waals surface area contributed by atoms with Crippen LogP contribution in [-0.2, 0) is 4.79 Å². The van der Waals surface area contributed by atoms with E-state index in [0.717, 1.165) is 32.2 Å². The molecule has 1 aromatic rings. The monoisotopic (exact) mass is 322 g/mol. The fourth-order valence-electron chi connectivity index (χ4n) is 2.95. The molecule has 0 radical (unpaired) electrons. The van der Waals surface area contributed by atoms with Gasteiger partial charge in [0.15, 0.2) is 5.60 Å². The predicted molar refractivity (Wildman–Crippen MR) is 87.3 cm³/mol. The van der Waals surface area contributed by atoms with Gasteiger partial charge in [-0.3, -0.25) is 9.69 Å². The smallest absolute Gasteiger partial charge is 0.266 e. The average molecular weight is 323 g/mol. The highest BCUT2D eigenvalue weighted by molar-refractivity contribution is 6.30. The maximum Gasteiger partial charge on any atom is 0.266 e. The van der Waals surface area contributed by atoms with Gasteiger partial charge in [0.2, 0.25) is 0 Å². The van der Waals surface area contributed by atoms with E-state index in [1.807, 2.05) is 18.7 Å². The lowest BCUT2D eigenvalue weighted by atomic mass is 10.1. The minimum Gasteiger partial charge on any atom is -0.478 e. The van der Waals surface area contributed by atoms with Gasteiger partial charge in [-0.25, -0.2) is 0 Å². The zero-order valence-corrected chi connectivity index (χ0v) is 14.0. The van der Waals surface area contributed by atoms with Gasteiger partial charge in [0.1, 0.15) is 5.75 Å². The zero-order valence-electron chi connectivity index (χ0n) is 13.2. The first-order valence-electron chi connectivity index (χ1n) is 7.94. The van der Waals surface area contributed by atoms with Crippen molar-refractivity contribution in [1.82, 2.24) is 9.80 Å². The molecule has 2 aliphatic rings. The van der Waals surface area contributed by atoms with Gasteiger partial charge in [-0.05, 0) is 51.0 Å². The number of benzene rings is 1. The highest BCUT2D eigenvalue weighted by Gasteiger charge is 2.38. The summed E-state index contributed by atoms with van der Waals surface area (Å²) in [6.07, 6.45) is 2.64. The molecule has 1 amide bonds. The molecule has 22 heavy (non-hydrogen) atoms. The van der Waals surface area contributed by atoms with E-state index >= 15 is 0 Å². The maximum atomic E-state index is 12.7. The van der Waals surface area contributed by atoms with Crippen molar-refractivity contribution in [2.45, 2.75) is 38.3 Å². The van der Waals surface area contributed by atoms with Crippen LogP contribution in [0.15, 0.2) is 24.3 Å². The number of amides is 1. The largest absolute Gasteiger partial charge is 0.478 e. The SMILES string of the molecule is CC(C)(Oc1ccc(Cl)cc1)C(=O)N1CCN(C2CC2)CC1. The van der Waals surface area contributed by atoms with Gasteiger partial charge >= 0.3 is 0 Å². The van der Waals surface area contributed by atoms with Crippen LogP contribution in [0.2, 0.25) is 5.02 Å². The van der Waals surface area contributed by atoms with Gasteiger partial charge in [-0.15, -0.1) is 0 Å². The van der Waals surface area contributed by atoms with Gasteiger partial charge in [0.05, 0.1) is 0 Å². The van der Waals surface area contributed by atoms with Crippen LogP contribution in [-0.4, -0.2) is 53.5 Å². The topological polar surface area (TPSA) is 32.8 Å². The van der Waals surface area contributed by atoms with Crippen molar-refractivity contribution in [2.75, 3.05) is 26.2 Å². The number of hydrogen-bond donors (Lipinski definition) is 0. The lowest BCUT2D eigenvalue weighted by Gasteiger charge is -2.38. The molecule has 0 atom stereocenters. The Bertz CT molecular complexity index is 532. The first kappa shape index (κ1) is 15.6. The zero-order chi connectivity index (χ0) is 15.7. The van der Waals surface area contributed by atoms with E-state index in [-0.39, 0.29) is 5.91 Å². The Kier molecular flexibility index (Phi) is 4.33. The number of carbonyl (C=O) groups excluding carboxylic acids is 1. The second-order valence-corrected chi connectivity index (χ2v) is 7.06. The second-order valence-electron chi connectivity index (χ2n) is 6.63. The summed E-state index contributed by atoms with van der Waals surface area (Å²) in [4.78, 5) is 17.2. The van der Waals surface area contributed by atoms with Crippen LogP contribution < -0.4 is 4.74 Å². The number of carbonyl (C=O) groups is 1. The summed E-state index contributed by atoms with van der Waals surface area (Å²) in [6, 6.07) is 7.90. The third-order valence-electron chi connectivity index (χ3n) is 4.37. The third kappa shape index (κ3) is 3.55. The summed E-state index contributed by atoms with van der Waals surface area (Å²) in [5.41, 5.74) is -0.865. The van der Waals surface area contributed by atoms with Crippen molar-refractivity contribution < 1.29 is 9.53 Å². The Hall–Kier alpha value is -1.26. The molecule has 1 aliphatic carbocycles. The summed E-state index contributed by atoms with van der Waals surface area (Å²) in [5, 5.41) is 0.660. The molecule has 0 N–H and O–H groups in total. The average Bonchev–Trinajstić information content (AvgIpc) is 3.34. The van der Waals surface area contributed by atoms with Crippen LogP contribution in [0, 0.1) is 0 Å². The number of piperazine rings is 1. The molecule has 1 aliphatic heterocycles. The molecule has 3 rings (SSSR count). The summed E-state index contributed by atoms with van der Waals surface area (Å²) in [5.74, 6) is 0.720. The molecule has 1 saturated carbocycles. The maximum absolute atomic E-state index is 12.7. The van der Waals surface area contributed by atoms with E-state index in [1.54, 1.807) is 24.3 Å². The minimum atomic E-state index is -0.865. The number of nitrogens with zero attached hydrogens (tertiary/aromatic N) is 2.